The van der Waals surface area contributed by atoms with Crippen molar-refractivity contribution < 1.29 is 4.42 Å². The summed E-state index contributed by atoms with van der Waals surface area (Å²) in [6.45, 7) is 0. The van der Waals surface area contributed by atoms with Gasteiger partial charge in [-0.25, -0.2) is 15.0 Å². The van der Waals surface area contributed by atoms with E-state index in [0.717, 1.165) is 60.7 Å². The lowest BCUT2D eigenvalue weighted by Crippen LogP contribution is -2.00. The third-order valence-corrected chi connectivity index (χ3v) is 12.5. The van der Waals surface area contributed by atoms with E-state index >= 15 is 0 Å². The fourth-order valence-corrected chi connectivity index (χ4v) is 9.83. The maximum atomic E-state index is 6.67. The van der Waals surface area contributed by atoms with Crippen LogP contribution < -0.4 is 0 Å². The zero-order valence-electron chi connectivity index (χ0n) is 31.1. The molecular formula is C53H31N3OS. The summed E-state index contributed by atoms with van der Waals surface area (Å²) >= 11 is 1.85. The van der Waals surface area contributed by atoms with Crippen LogP contribution in [0.4, 0.5) is 0 Å². The largest absolute Gasteiger partial charge is 0.456 e. The number of furan rings is 1. The van der Waals surface area contributed by atoms with Crippen LogP contribution in [0.3, 0.4) is 0 Å². The second kappa shape index (κ2) is 13.1. The molecule has 0 aliphatic rings. The molecule has 0 saturated heterocycles. The lowest BCUT2D eigenvalue weighted by atomic mass is 9.95. The minimum Gasteiger partial charge on any atom is -0.456 e. The molecule has 0 atom stereocenters. The molecule has 5 heteroatoms. The molecule has 0 spiro atoms. The van der Waals surface area contributed by atoms with Crippen LogP contribution in [-0.4, -0.2) is 15.0 Å². The Morgan fingerprint density at radius 1 is 0.345 bits per heavy atom. The van der Waals surface area contributed by atoms with Crippen LogP contribution in [0, 0.1) is 0 Å². The molecule has 12 aromatic rings. The van der Waals surface area contributed by atoms with Gasteiger partial charge in [-0.05, 0) is 62.5 Å². The second-order valence-corrected chi connectivity index (χ2v) is 15.8. The van der Waals surface area contributed by atoms with Gasteiger partial charge in [-0.15, -0.1) is 11.3 Å². The van der Waals surface area contributed by atoms with E-state index in [1.54, 1.807) is 0 Å². The van der Waals surface area contributed by atoms with Crippen molar-refractivity contribution in [2.24, 2.45) is 0 Å². The Labute approximate surface area is 337 Å². The Morgan fingerprint density at radius 2 is 0.914 bits per heavy atom. The number of rotatable bonds is 5. The molecule has 0 aliphatic carbocycles. The Kier molecular flexibility index (Phi) is 7.37. The first kappa shape index (κ1) is 32.7. The smallest absolute Gasteiger partial charge is 0.164 e. The average Bonchev–Trinajstić information content (AvgIpc) is 3.88. The maximum absolute atomic E-state index is 6.67. The molecule has 0 unspecified atom stereocenters. The second-order valence-electron chi connectivity index (χ2n) is 14.7. The van der Waals surface area contributed by atoms with E-state index in [0.29, 0.717) is 17.5 Å². The fraction of sp³-hybridized carbons (Fsp3) is 0. The predicted molar refractivity (Wildman–Crippen MR) is 242 cm³/mol. The molecule has 9 aromatic carbocycles. The van der Waals surface area contributed by atoms with Gasteiger partial charge in [0.05, 0.1) is 0 Å². The molecule has 0 aliphatic heterocycles. The van der Waals surface area contributed by atoms with Crippen LogP contribution in [-0.2, 0) is 0 Å². The minimum absolute atomic E-state index is 0.593. The third-order valence-electron chi connectivity index (χ3n) is 11.3. The SMILES string of the molecule is c1ccc(-c2ccc(-c3nc(-c4ccc5ccccc5c4)nc(-c4cccc5oc6cccc(-c7cccc8c7sc7ccc9ccccc9c78)c6c45)n3)cc2)cc1. The summed E-state index contributed by atoms with van der Waals surface area (Å²) in [6, 6.07) is 66.1. The molecule has 0 radical (unpaired) electrons. The highest BCUT2D eigenvalue weighted by Crippen LogP contribution is 2.47. The highest BCUT2D eigenvalue weighted by atomic mass is 32.1. The Bertz CT molecular complexity index is 3570. The number of nitrogens with zero attached hydrogens (tertiary/aromatic N) is 3. The average molecular weight is 758 g/mol. The zero-order chi connectivity index (χ0) is 38.2. The van der Waals surface area contributed by atoms with Crippen molar-refractivity contribution in [1.29, 1.82) is 0 Å². The molecule has 270 valence electrons. The summed E-state index contributed by atoms with van der Waals surface area (Å²) < 4.78 is 9.21. The molecular weight excluding hydrogens is 727 g/mol. The van der Waals surface area contributed by atoms with Gasteiger partial charge >= 0.3 is 0 Å². The lowest BCUT2D eigenvalue weighted by molar-refractivity contribution is 0.669. The van der Waals surface area contributed by atoms with E-state index in [4.69, 9.17) is 19.4 Å². The summed E-state index contributed by atoms with van der Waals surface area (Å²) in [7, 11) is 0. The van der Waals surface area contributed by atoms with Crippen molar-refractivity contribution in [3.05, 3.63) is 188 Å². The number of hydrogen-bond donors (Lipinski definition) is 0. The van der Waals surface area contributed by atoms with Gasteiger partial charge in [-0.3, -0.25) is 0 Å². The van der Waals surface area contributed by atoms with Gasteiger partial charge < -0.3 is 4.42 Å². The first-order valence-electron chi connectivity index (χ1n) is 19.4. The monoisotopic (exact) mass is 757 g/mol. The first-order chi connectivity index (χ1) is 28.7. The van der Waals surface area contributed by atoms with Crippen molar-refractivity contribution in [1.82, 2.24) is 15.0 Å². The van der Waals surface area contributed by atoms with Crippen molar-refractivity contribution in [2.45, 2.75) is 0 Å². The van der Waals surface area contributed by atoms with E-state index in [1.807, 2.05) is 29.5 Å². The molecule has 58 heavy (non-hydrogen) atoms. The zero-order valence-corrected chi connectivity index (χ0v) is 31.9. The fourth-order valence-electron chi connectivity index (χ4n) is 8.58. The van der Waals surface area contributed by atoms with E-state index in [9.17, 15) is 0 Å². The number of thiophene rings is 1. The van der Waals surface area contributed by atoms with Crippen LogP contribution in [0.1, 0.15) is 0 Å². The number of fused-ring (bicyclic) bond motifs is 9. The van der Waals surface area contributed by atoms with E-state index in [1.165, 1.54) is 41.9 Å². The predicted octanol–water partition coefficient (Wildman–Crippen LogP) is 14.8. The minimum atomic E-state index is 0.593. The number of benzene rings is 9. The Morgan fingerprint density at radius 3 is 1.74 bits per heavy atom. The van der Waals surface area contributed by atoms with E-state index in [-0.39, 0.29) is 0 Å². The molecule has 3 heterocycles. The van der Waals surface area contributed by atoms with E-state index in [2.05, 4.69) is 170 Å². The lowest BCUT2D eigenvalue weighted by Gasteiger charge is -2.11. The molecule has 0 bridgehead atoms. The summed E-state index contributed by atoms with van der Waals surface area (Å²) in [6.07, 6.45) is 0. The number of hydrogen-bond acceptors (Lipinski definition) is 5. The van der Waals surface area contributed by atoms with Gasteiger partial charge in [-0.1, -0.05) is 164 Å². The molecule has 12 rings (SSSR count). The molecule has 3 aromatic heterocycles. The molecule has 0 amide bonds. The van der Waals surface area contributed by atoms with Crippen LogP contribution in [0.5, 0.6) is 0 Å². The maximum Gasteiger partial charge on any atom is 0.164 e. The van der Waals surface area contributed by atoms with Crippen molar-refractivity contribution in [2.75, 3.05) is 0 Å². The van der Waals surface area contributed by atoms with Crippen LogP contribution in [0.2, 0.25) is 0 Å². The molecule has 0 saturated carbocycles. The topological polar surface area (TPSA) is 51.8 Å². The normalized spacial score (nSPS) is 11.8. The van der Waals surface area contributed by atoms with Crippen molar-refractivity contribution in [3.8, 4) is 56.4 Å². The summed E-state index contributed by atoms with van der Waals surface area (Å²) in [5.74, 6) is 1.82. The number of aromatic nitrogens is 3. The Balaban J connectivity index is 1.09. The summed E-state index contributed by atoms with van der Waals surface area (Å²) in [4.78, 5) is 15.6. The van der Waals surface area contributed by atoms with Crippen molar-refractivity contribution in [3.63, 3.8) is 0 Å². The van der Waals surface area contributed by atoms with Gasteiger partial charge in [0.2, 0.25) is 0 Å². The van der Waals surface area contributed by atoms with Crippen LogP contribution >= 0.6 is 11.3 Å². The molecule has 4 nitrogen and oxygen atoms in total. The third kappa shape index (κ3) is 5.25. The summed E-state index contributed by atoms with van der Waals surface area (Å²) in [5.41, 5.74) is 8.94. The summed E-state index contributed by atoms with van der Waals surface area (Å²) in [5, 5.41) is 9.43. The van der Waals surface area contributed by atoms with Gasteiger partial charge in [0.15, 0.2) is 17.5 Å². The molecule has 0 N–H and O–H groups in total. The van der Waals surface area contributed by atoms with Crippen LogP contribution in [0.15, 0.2) is 192 Å². The molecule has 0 fully saturated rings. The quantitative estimate of drug-likeness (QED) is 0.175. The van der Waals surface area contributed by atoms with Gasteiger partial charge in [0, 0.05) is 53.2 Å². The highest BCUT2D eigenvalue weighted by molar-refractivity contribution is 7.26. The Hall–Kier alpha value is -7.47. The van der Waals surface area contributed by atoms with Gasteiger partial charge in [0.1, 0.15) is 11.2 Å². The standard InChI is InChI=1S/C53H31N3OS/c1-2-11-32(12-3-1)34-23-26-36(27-24-34)51-54-52(38-28-25-33-13-4-5-15-37(33)31-38)56-53(55-51)43-20-10-22-45-49(43)48-40(17-9-21-44(48)57-45)41-18-8-19-42-47-39-16-7-6-14-35(39)29-30-46(47)58-50(41)42/h1-31H. The van der Waals surface area contributed by atoms with Crippen molar-refractivity contribution >= 4 is 75.0 Å². The van der Waals surface area contributed by atoms with Gasteiger partial charge in [-0.2, -0.15) is 0 Å². The highest BCUT2D eigenvalue weighted by Gasteiger charge is 2.22. The van der Waals surface area contributed by atoms with Crippen LogP contribution in [0.25, 0.3) is 120 Å². The van der Waals surface area contributed by atoms with Gasteiger partial charge in [0.25, 0.3) is 0 Å². The first-order valence-corrected chi connectivity index (χ1v) is 20.2. The van der Waals surface area contributed by atoms with E-state index < -0.39 is 0 Å².